The predicted molar refractivity (Wildman–Crippen MR) is 260 cm³/mol. The van der Waals surface area contributed by atoms with Crippen LogP contribution in [-0.2, 0) is 47.0 Å². The highest BCUT2D eigenvalue weighted by Gasteiger charge is 2.75. The van der Waals surface area contributed by atoms with Crippen molar-refractivity contribution in [1.29, 1.82) is 0 Å². The number of fused-ring (bicyclic) bond motifs is 4. The van der Waals surface area contributed by atoms with Crippen LogP contribution in [0.4, 0.5) is 10.5 Å². The van der Waals surface area contributed by atoms with Gasteiger partial charge in [-0.05, 0) is 76.9 Å². The van der Waals surface area contributed by atoms with Gasteiger partial charge in [0.25, 0.3) is 0 Å². The van der Waals surface area contributed by atoms with Crippen LogP contribution in [0.2, 0.25) is 0 Å². The van der Waals surface area contributed by atoms with Crippen LogP contribution < -0.4 is 15.0 Å². The number of ether oxygens (including phenoxy) is 4. The third kappa shape index (κ3) is 8.64. The molecule has 0 aliphatic carbocycles. The molecule has 10 rings (SSSR count). The molecule has 5 aromatic carbocycles. The van der Waals surface area contributed by atoms with Gasteiger partial charge in [-0.2, -0.15) is 0 Å². The zero-order chi connectivity index (χ0) is 48.9. The van der Waals surface area contributed by atoms with E-state index in [0.29, 0.717) is 34.4 Å². The number of carbonyl (C=O) groups is 4. The normalized spacial score (nSPS) is 21.3. The number of methoxy groups -OCH3 is 1. The number of morpholine rings is 1. The molecule has 1 spiro atoms. The summed E-state index contributed by atoms with van der Waals surface area (Å²) in [6, 6.07) is 40.7. The molecule has 3 amide bonds. The lowest BCUT2D eigenvalue weighted by Gasteiger charge is -2.46. The van der Waals surface area contributed by atoms with Crippen LogP contribution >= 0.6 is 0 Å². The summed E-state index contributed by atoms with van der Waals surface area (Å²) >= 11 is 0. The van der Waals surface area contributed by atoms with E-state index < -0.39 is 59.4 Å². The molecule has 0 saturated carbocycles. The molecule has 0 radical (unpaired) electrons. The fourth-order valence-electron chi connectivity index (χ4n) is 10.4. The summed E-state index contributed by atoms with van der Waals surface area (Å²) in [4.78, 5) is 69.5. The second-order valence-electron chi connectivity index (χ2n) is 17.3. The van der Waals surface area contributed by atoms with Gasteiger partial charge >= 0.3 is 12.1 Å². The van der Waals surface area contributed by atoms with Crippen LogP contribution in [0.5, 0.6) is 5.75 Å². The number of nitrogens with zero attached hydrogens (tertiary/aromatic N) is 6. The average molecular weight is 952 g/mol. The largest absolute Gasteiger partial charge is 0.491 e. The first-order chi connectivity index (χ1) is 34.8. The number of anilines is 1. The van der Waals surface area contributed by atoms with Gasteiger partial charge in [0.1, 0.15) is 48.6 Å². The number of imide groups is 1. The van der Waals surface area contributed by atoms with Crippen LogP contribution in [0.15, 0.2) is 152 Å². The average Bonchev–Trinajstić information content (AvgIpc) is 4.05. The Labute approximate surface area is 409 Å². The number of benzene rings is 5. The van der Waals surface area contributed by atoms with Crippen molar-refractivity contribution in [3.63, 3.8) is 0 Å². The molecule has 2 fully saturated rings. The first-order valence-electron chi connectivity index (χ1n) is 23.3. The lowest BCUT2D eigenvalue weighted by Crippen LogP contribution is -2.56. The van der Waals surface area contributed by atoms with Crippen molar-refractivity contribution in [2.75, 3.05) is 45.0 Å². The summed E-state index contributed by atoms with van der Waals surface area (Å²) in [5.41, 5.74) is 3.07. The van der Waals surface area contributed by atoms with Gasteiger partial charge in [0.15, 0.2) is 0 Å². The second-order valence-corrected chi connectivity index (χ2v) is 17.3. The van der Waals surface area contributed by atoms with Gasteiger partial charge in [0.05, 0.1) is 42.4 Å². The topological polar surface area (TPSA) is 188 Å². The van der Waals surface area contributed by atoms with E-state index in [-0.39, 0.29) is 50.8 Å². The maximum Gasteiger partial charge on any atom is 0.421 e. The molecule has 358 valence electrons. The number of esters is 1. The second kappa shape index (κ2) is 20.4. The molecule has 16 heteroatoms. The molecule has 71 heavy (non-hydrogen) atoms. The van der Waals surface area contributed by atoms with Gasteiger partial charge in [-0.1, -0.05) is 108 Å². The highest BCUT2D eigenvalue weighted by Crippen LogP contribution is 2.66. The van der Waals surface area contributed by atoms with Crippen molar-refractivity contribution in [3.8, 4) is 17.6 Å². The number of rotatable bonds is 14. The molecule has 7 aromatic rings. The van der Waals surface area contributed by atoms with Crippen molar-refractivity contribution < 1.29 is 43.2 Å². The summed E-state index contributed by atoms with van der Waals surface area (Å²) in [7, 11) is 1.47. The molecule has 5 heterocycles. The highest BCUT2D eigenvalue weighted by atomic mass is 16.6. The molecular formula is C55H49N7O9. The van der Waals surface area contributed by atoms with Crippen LogP contribution in [0.3, 0.4) is 0 Å². The number of carbonyl (C=O) groups excluding carboxylic acids is 4. The Balaban J connectivity index is 1.21. The molecular weight excluding hydrogens is 903 g/mol. The third-order valence-electron chi connectivity index (χ3n) is 13.3. The summed E-state index contributed by atoms with van der Waals surface area (Å²) in [5.74, 6) is 3.24. The fourth-order valence-corrected chi connectivity index (χ4v) is 10.4. The van der Waals surface area contributed by atoms with E-state index in [9.17, 15) is 9.90 Å². The molecule has 0 unspecified atom stereocenters. The number of pyridine rings is 1. The van der Waals surface area contributed by atoms with Gasteiger partial charge in [-0.25, -0.2) is 14.4 Å². The summed E-state index contributed by atoms with van der Waals surface area (Å²) in [5, 5.41) is 21.3. The van der Waals surface area contributed by atoms with Crippen LogP contribution in [0, 0.1) is 17.8 Å². The SMILES string of the molecule is COCCOC(=O)N1C(=O)[C@@]2(c3cc(C#CCn4nnc5ccccc54)ccc31)[C@H](c1ccc(OCCO)cc1)N1[C@H](c3ccccc3)[C@H](c3ccccc3)OC(=O)[C@H]1[C@@H]2C(=O)NCCc1ccccn1. The maximum absolute atomic E-state index is 16.4. The lowest BCUT2D eigenvalue weighted by atomic mass is 9.65. The van der Waals surface area contributed by atoms with E-state index in [1.807, 2.05) is 102 Å². The number of nitrogens with one attached hydrogen (secondary N) is 1. The molecule has 2 aromatic heterocycles. The van der Waals surface area contributed by atoms with Gasteiger partial charge in [-0.3, -0.25) is 24.3 Å². The Morgan fingerprint density at radius 2 is 1.56 bits per heavy atom. The van der Waals surface area contributed by atoms with Crippen molar-refractivity contribution in [2.45, 2.75) is 42.6 Å². The Bertz CT molecular complexity index is 3130. The minimum atomic E-state index is -2.04. The van der Waals surface area contributed by atoms with Crippen molar-refractivity contribution in [2.24, 2.45) is 5.92 Å². The molecule has 3 aliphatic rings. The third-order valence-corrected chi connectivity index (χ3v) is 13.3. The van der Waals surface area contributed by atoms with Gasteiger partial charge in [0, 0.05) is 37.5 Å². The minimum absolute atomic E-state index is 0.0330. The molecule has 2 saturated heterocycles. The number of aliphatic hydroxyl groups is 1. The smallest absolute Gasteiger partial charge is 0.421 e. The first kappa shape index (κ1) is 46.5. The summed E-state index contributed by atoms with van der Waals surface area (Å²) in [6.07, 6.45) is 0.100. The number of hydrogen-bond acceptors (Lipinski definition) is 13. The van der Waals surface area contributed by atoms with Crippen LogP contribution in [-0.4, -0.2) is 100.0 Å². The minimum Gasteiger partial charge on any atom is -0.491 e. The van der Waals surface area contributed by atoms with E-state index in [2.05, 4.69) is 32.5 Å². The van der Waals surface area contributed by atoms with Crippen LogP contribution in [0.25, 0.3) is 11.0 Å². The Hall–Kier alpha value is -8.23. The van der Waals surface area contributed by atoms with Crippen LogP contribution in [0.1, 0.15) is 51.7 Å². The van der Waals surface area contributed by atoms with E-state index in [1.54, 1.807) is 59.4 Å². The Morgan fingerprint density at radius 1 is 0.817 bits per heavy atom. The van der Waals surface area contributed by atoms with Crippen molar-refractivity contribution >= 4 is 40.6 Å². The lowest BCUT2D eigenvalue weighted by molar-refractivity contribution is -0.178. The monoisotopic (exact) mass is 951 g/mol. The van der Waals surface area contributed by atoms with Gasteiger partial charge in [-0.15, -0.1) is 5.10 Å². The number of para-hydroxylation sites is 1. The first-order valence-corrected chi connectivity index (χ1v) is 23.3. The number of hydrogen-bond donors (Lipinski definition) is 2. The Morgan fingerprint density at radius 3 is 2.31 bits per heavy atom. The predicted octanol–water partition coefficient (Wildman–Crippen LogP) is 6.06. The molecule has 6 atom stereocenters. The summed E-state index contributed by atoms with van der Waals surface area (Å²) in [6.45, 7) is -0.0247. The molecule has 3 aliphatic heterocycles. The number of cyclic esters (lactones) is 1. The highest BCUT2D eigenvalue weighted by molar-refractivity contribution is 6.23. The van der Waals surface area contributed by atoms with Gasteiger partial charge < -0.3 is 29.4 Å². The van der Waals surface area contributed by atoms with Gasteiger partial charge in [0.2, 0.25) is 11.8 Å². The number of aromatic nitrogens is 4. The van der Waals surface area contributed by atoms with Crippen molar-refractivity contribution in [3.05, 3.63) is 185 Å². The van der Waals surface area contributed by atoms with E-state index in [1.165, 1.54) is 7.11 Å². The number of amides is 3. The quantitative estimate of drug-likeness (QED) is 0.0729. The standard InChI is InChI=1S/C55H49N7O9/c1-68-33-34-70-54(67)61-44-26-21-36(13-12-30-60-45-20-9-8-19-43(45)58-59-60)35-42(44)55(53(61)66)46(51(64)57-29-27-40-18-10-11-28-56-40)48-52(65)71-49(38-16-6-3-7-17-38)47(37-14-4-2-5-15-37)62(48)50(55)39-22-24-41(25-23-39)69-32-31-63/h2-11,14-26,28,35,46-50,63H,27,29-34H2,1H3,(H,57,64)/t46-,47-,48-,49+,50+,55-/m1/s1. The van der Waals surface area contributed by atoms with E-state index in [0.717, 1.165) is 21.7 Å². The Kier molecular flexibility index (Phi) is 13.4. The zero-order valence-electron chi connectivity index (χ0n) is 38.7. The maximum atomic E-state index is 16.4. The molecule has 2 N–H and O–H groups in total. The number of aliphatic hydroxyl groups excluding tert-OH is 1. The van der Waals surface area contributed by atoms with Crippen molar-refractivity contribution in [1.82, 2.24) is 30.2 Å². The summed E-state index contributed by atoms with van der Waals surface area (Å²) < 4.78 is 25.0. The molecule has 0 bridgehead atoms. The zero-order valence-corrected chi connectivity index (χ0v) is 38.7. The fraction of sp³-hybridized carbons (Fsp3) is 0.255. The van der Waals surface area contributed by atoms with E-state index in [4.69, 9.17) is 18.9 Å². The molecule has 16 nitrogen and oxygen atoms in total. The van der Waals surface area contributed by atoms with E-state index >= 15 is 14.4 Å².